The highest BCUT2D eigenvalue weighted by molar-refractivity contribution is 14.0. The second-order valence-corrected chi connectivity index (χ2v) is 7.17. The molecule has 1 aromatic heterocycles. The molecule has 0 fully saturated rings. The van der Waals surface area contributed by atoms with Crippen LogP contribution in [-0.4, -0.2) is 53.4 Å². The molecule has 1 atom stereocenters. The Morgan fingerprint density at radius 3 is 2.55 bits per heavy atom. The van der Waals surface area contributed by atoms with E-state index in [9.17, 15) is 0 Å². The molecule has 0 saturated carbocycles. The van der Waals surface area contributed by atoms with E-state index in [2.05, 4.69) is 76.9 Å². The second kappa shape index (κ2) is 14.4. The van der Waals surface area contributed by atoms with E-state index in [0.717, 1.165) is 44.1 Å². The number of benzene rings is 1. The van der Waals surface area contributed by atoms with Crippen LogP contribution in [-0.2, 0) is 13.1 Å². The molecule has 0 radical (unpaired) electrons. The minimum Gasteiger partial charge on any atom is -0.354 e. The van der Waals surface area contributed by atoms with E-state index in [1.165, 1.54) is 12.0 Å². The predicted octanol–water partition coefficient (Wildman–Crippen LogP) is 3.72. The summed E-state index contributed by atoms with van der Waals surface area (Å²) in [4.78, 5) is 6.82. The summed E-state index contributed by atoms with van der Waals surface area (Å²) < 4.78 is 1.97. The Balaban J connectivity index is 0.00000420. The van der Waals surface area contributed by atoms with Gasteiger partial charge in [0, 0.05) is 31.4 Å². The number of guanidine groups is 1. The van der Waals surface area contributed by atoms with Crippen molar-refractivity contribution in [2.24, 2.45) is 4.99 Å². The van der Waals surface area contributed by atoms with Crippen LogP contribution in [0.3, 0.4) is 0 Å². The first kappa shape index (κ1) is 25.4. The maximum absolute atomic E-state index is 4.46. The van der Waals surface area contributed by atoms with Crippen molar-refractivity contribution >= 4 is 29.9 Å². The highest BCUT2D eigenvalue weighted by atomic mass is 127. The summed E-state index contributed by atoms with van der Waals surface area (Å²) >= 11 is 0. The van der Waals surface area contributed by atoms with Crippen LogP contribution in [0.5, 0.6) is 0 Å². The molecular formula is C22H37IN6. The standard InChI is InChI=1S/C22H36N6.HI/c1-5-27(6-2)14-10-11-19(3)26-22(23-4)24-15-21-16-25-28(18-21)17-20-12-8-7-9-13-20;/h7-9,12-13,16,18-19H,5-6,10-11,14-15,17H2,1-4H3,(H2,23,24,26);1H. The quantitative estimate of drug-likeness (QED) is 0.274. The highest BCUT2D eigenvalue weighted by Crippen LogP contribution is 2.04. The summed E-state index contributed by atoms with van der Waals surface area (Å²) in [6.07, 6.45) is 6.32. The molecular weight excluding hydrogens is 475 g/mol. The van der Waals surface area contributed by atoms with Crippen LogP contribution < -0.4 is 10.6 Å². The number of halogens is 1. The van der Waals surface area contributed by atoms with Gasteiger partial charge in [-0.25, -0.2) is 0 Å². The molecule has 0 aliphatic heterocycles. The fourth-order valence-electron chi connectivity index (χ4n) is 3.20. The molecule has 162 valence electrons. The van der Waals surface area contributed by atoms with Crippen molar-refractivity contribution in [2.75, 3.05) is 26.7 Å². The fourth-order valence-corrected chi connectivity index (χ4v) is 3.20. The second-order valence-electron chi connectivity index (χ2n) is 7.17. The van der Waals surface area contributed by atoms with Crippen molar-refractivity contribution in [1.82, 2.24) is 25.3 Å². The molecule has 0 spiro atoms. The maximum atomic E-state index is 4.46. The number of aliphatic imine (C=N–C) groups is 1. The SMILES string of the molecule is CCN(CC)CCCC(C)NC(=NC)NCc1cnn(Cc2ccccc2)c1.I. The lowest BCUT2D eigenvalue weighted by Crippen LogP contribution is -2.42. The van der Waals surface area contributed by atoms with Crippen molar-refractivity contribution in [3.63, 3.8) is 0 Å². The Morgan fingerprint density at radius 1 is 1.17 bits per heavy atom. The first-order valence-electron chi connectivity index (χ1n) is 10.4. The molecule has 1 aromatic carbocycles. The largest absolute Gasteiger partial charge is 0.354 e. The minimum atomic E-state index is 0. The predicted molar refractivity (Wildman–Crippen MR) is 133 cm³/mol. The average Bonchev–Trinajstić information content (AvgIpc) is 3.16. The molecule has 29 heavy (non-hydrogen) atoms. The Labute approximate surface area is 193 Å². The molecule has 0 bridgehead atoms. The van der Waals surface area contributed by atoms with E-state index in [4.69, 9.17) is 0 Å². The number of hydrogen-bond donors (Lipinski definition) is 2. The zero-order chi connectivity index (χ0) is 20.2. The zero-order valence-electron chi connectivity index (χ0n) is 18.3. The van der Waals surface area contributed by atoms with Crippen molar-refractivity contribution in [3.8, 4) is 0 Å². The molecule has 2 rings (SSSR count). The van der Waals surface area contributed by atoms with Crippen LogP contribution in [0, 0.1) is 0 Å². The summed E-state index contributed by atoms with van der Waals surface area (Å²) in [5.74, 6) is 0.839. The van der Waals surface area contributed by atoms with Gasteiger partial charge in [0.05, 0.1) is 12.7 Å². The van der Waals surface area contributed by atoms with E-state index < -0.39 is 0 Å². The number of rotatable bonds is 11. The summed E-state index contributed by atoms with van der Waals surface area (Å²) in [7, 11) is 1.82. The summed E-state index contributed by atoms with van der Waals surface area (Å²) in [6.45, 7) is 11.6. The number of nitrogens with one attached hydrogen (secondary N) is 2. The topological polar surface area (TPSA) is 57.5 Å². The van der Waals surface area contributed by atoms with Crippen LogP contribution >= 0.6 is 24.0 Å². The van der Waals surface area contributed by atoms with Gasteiger partial charge in [0.15, 0.2) is 5.96 Å². The van der Waals surface area contributed by atoms with E-state index >= 15 is 0 Å². The Morgan fingerprint density at radius 2 is 1.90 bits per heavy atom. The molecule has 6 nitrogen and oxygen atoms in total. The molecule has 2 N–H and O–H groups in total. The van der Waals surface area contributed by atoms with Crippen molar-refractivity contribution in [1.29, 1.82) is 0 Å². The monoisotopic (exact) mass is 512 g/mol. The lowest BCUT2D eigenvalue weighted by molar-refractivity contribution is 0.292. The third kappa shape index (κ3) is 9.62. The highest BCUT2D eigenvalue weighted by Gasteiger charge is 2.07. The van der Waals surface area contributed by atoms with Crippen molar-refractivity contribution < 1.29 is 0 Å². The van der Waals surface area contributed by atoms with Gasteiger partial charge >= 0.3 is 0 Å². The van der Waals surface area contributed by atoms with Gasteiger partial charge in [-0.1, -0.05) is 44.2 Å². The van der Waals surface area contributed by atoms with Crippen molar-refractivity contribution in [2.45, 2.75) is 52.7 Å². The third-order valence-electron chi connectivity index (χ3n) is 4.95. The molecule has 2 aromatic rings. The minimum absolute atomic E-state index is 0. The summed E-state index contributed by atoms with van der Waals surface area (Å²) in [5.41, 5.74) is 2.40. The lowest BCUT2D eigenvalue weighted by Gasteiger charge is -2.21. The molecule has 0 amide bonds. The van der Waals surface area contributed by atoms with E-state index in [-0.39, 0.29) is 24.0 Å². The molecule has 0 aliphatic carbocycles. The normalized spacial score (nSPS) is 12.5. The smallest absolute Gasteiger partial charge is 0.191 e. The van der Waals surface area contributed by atoms with Gasteiger partial charge in [-0.15, -0.1) is 24.0 Å². The Kier molecular flexibility index (Phi) is 12.6. The molecule has 7 heteroatoms. The first-order valence-corrected chi connectivity index (χ1v) is 10.4. The maximum Gasteiger partial charge on any atom is 0.191 e. The lowest BCUT2D eigenvalue weighted by atomic mass is 10.2. The Bertz CT molecular complexity index is 696. The van der Waals surface area contributed by atoms with Gasteiger partial charge in [-0.2, -0.15) is 5.10 Å². The van der Waals surface area contributed by atoms with Gasteiger partial charge in [0.1, 0.15) is 0 Å². The number of nitrogens with zero attached hydrogens (tertiary/aromatic N) is 4. The van der Waals surface area contributed by atoms with E-state index in [0.29, 0.717) is 12.6 Å². The average molecular weight is 512 g/mol. The zero-order valence-corrected chi connectivity index (χ0v) is 20.6. The van der Waals surface area contributed by atoms with Gasteiger partial charge in [-0.3, -0.25) is 9.67 Å². The fraction of sp³-hybridized carbons (Fsp3) is 0.545. The number of aromatic nitrogens is 2. The molecule has 0 aliphatic rings. The van der Waals surface area contributed by atoms with Gasteiger partial charge in [0.25, 0.3) is 0 Å². The summed E-state index contributed by atoms with van der Waals surface area (Å²) in [6, 6.07) is 10.8. The molecule has 0 saturated heterocycles. The van der Waals surface area contributed by atoms with Crippen molar-refractivity contribution in [3.05, 3.63) is 53.9 Å². The van der Waals surface area contributed by atoms with Crippen LogP contribution in [0.4, 0.5) is 0 Å². The van der Waals surface area contributed by atoms with Gasteiger partial charge < -0.3 is 15.5 Å². The summed E-state index contributed by atoms with van der Waals surface area (Å²) in [5, 5.41) is 11.3. The third-order valence-corrected chi connectivity index (χ3v) is 4.95. The van der Waals surface area contributed by atoms with Crippen LogP contribution in [0.1, 0.15) is 44.7 Å². The molecule has 1 heterocycles. The number of hydrogen-bond acceptors (Lipinski definition) is 3. The van der Waals surface area contributed by atoms with E-state index in [1.54, 1.807) is 0 Å². The van der Waals surface area contributed by atoms with E-state index in [1.807, 2.05) is 24.0 Å². The van der Waals surface area contributed by atoms with Gasteiger partial charge in [-0.05, 0) is 45.0 Å². The van der Waals surface area contributed by atoms with Crippen LogP contribution in [0.25, 0.3) is 0 Å². The Hall–Kier alpha value is -1.61. The van der Waals surface area contributed by atoms with Crippen LogP contribution in [0.2, 0.25) is 0 Å². The van der Waals surface area contributed by atoms with Crippen LogP contribution in [0.15, 0.2) is 47.7 Å². The first-order chi connectivity index (χ1) is 13.6. The van der Waals surface area contributed by atoms with Gasteiger partial charge in [0.2, 0.25) is 0 Å². The molecule has 1 unspecified atom stereocenters.